The van der Waals surface area contributed by atoms with Crippen LogP contribution in [0.4, 0.5) is 16.2 Å². The Morgan fingerprint density at radius 2 is 2.04 bits per heavy atom. The minimum absolute atomic E-state index is 0.269. The summed E-state index contributed by atoms with van der Waals surface area (Å²) < 4.78 is 7.48. The zero-order valence-corrected chi connectivity index (χ0v) is 14.5. The molecule has 1 saturated carbocycles. The second-order valence-electron chi connectivity index (χ2n) is 6.74. The topological polar surface area (TPSA) is 72.1 Å². The third-order valence-corrected chi connectivity index (χ3v) is 4.99. The smallest absolute Gasteiger partial charge is 0.323 e. The maximum atomic E-state index is 12.3. The van der Waals surface area contributed by atoms with E-state index in [1.165, 1.54) is 12.8 Å². The molecular weight excluding hydrogens is 316 g/mol. The van der Waals surface area contributed by atoms with Gasteiger partial charge in [0, 0.05) is 11.1 Å². The van der Waals surface area contributed by atoms with E-state index in [-0.39, 0.29) is 6.03 Å². The number of hydrogen-bond acceptors (Lipinski definition) is 3. The Morgan fingerprint density at radius 1 is 1.24 bits per heavy atom. The Labute approximate surface area is 146 Å². The molecule has 0 aliphatic heterocycles. The summed E-state index contributed by atoms with van der Waals surface area (Å²) in [5.41, 5.74) is 4.35. The first-order valence-corrected chi connectivity index (χ1v) is 8.72. The van der Waals surface area contributed by atoms with E-state index in [0.29, 0.717) is 6.04 Å². The second-order valence-corrected chi connectivity index (χ2v) is 6.74. The number of amides is 2. The maximum absolute atomic E-state index is 12.3. The van der Waals surface area contributed by atoms with E-state index >= 15 is 0 Å². The van der Waals surface area contributed by atoms with Gasteiger partial charge >= 0.3 is 6.03 Å². The van der Waals surface area contributed by atoms with Gasteiger partial charge < -0.3 is 15.1 Å². The van der Waals surface area contributed by atoms with Crippen LogP contribution in [0.15, 0.2) is 35.1 Å². The van der Waals surface area contributed by atoms with E-state index in [9.17, 15) is 4.79 Å². The third kappa shape index (κ3) is 2.99. The molecule has 0 bridgehead atoms. The average Bonchev–Trinajstić information content (AvgIpc) is 3.31. The minimum Gasteiger partial charge on any atom is -0.464 e. The number of hydrogen-bond donors (Lipinski definition) is 2. The lowest BCUT2D eigenvalue weighted by molar-refractivity contribution is 0.262. The van der Waals surface area contributed by atoms with Crippen molar-refractivity contribution in [2.45, 2.75) is 45.6 Å². The van der Waals surface area contributed by atoms with Crippen molar-refractivity contribution in [2.75, 3.05) is 10.6 Å². The van der Waals surface area contributed by atoms with Crippen LogP contribution in [0.5, 0.6) is 0 Å². The number of benzene rings is 1. The Balaban J connectivity index is 1.47. The van der Waals surface area contributed by atoms with Gasteiger partial charge in [0.15, 0.2) is 0 Å². The maximum Gasteiger partial charge on any atom is 0.323 e. The summed E-state index contributed by atoms with van der Waals surface area (Å²) in [7, 11) is 0. The first-order chi connectivity index (χ1) is 12.1. The molecule has 1 aliphatic rings. The number of aryl methyl sites for hydroxylation is 1. The number of aromatic nitrogens is 2. The van der Waals surface area contributed by atoms with Gasteiger partial charge in [0.2, 0.25) is 0 Å². The van der Waals surface area contributed by atoms with Crippen molar-refractivity contribution in [1.82, 2.24) is 9.78 Å². The van der Waals surface area contributed by atoms with Gasteiger partial charge in [0.25, 0.3) is 0 Å². The molecule has 0 atom stereocenters. The normalized spacial score (nSPS) is 15.0. The van der Waals surface area contributed by atoms with Crippen molar-refractivity contribution in [1.29, 1.82) is 0 Å². The highest BCUT2D eigenvalue weighted by Gasteiger charge is 2.21. The summed E-state index contributed by atoms with van der Waals surface area (Å²) in [4.78, 5) is 12.3. The molecule has 2 amide bonds. The highest BCUT2D eigenvalue weighted by atomic mass is 16.3. The summed E-state index contributed by atoms with van der Waals surface area (Å²) in [6.07, 6.45) is 8.29. The van der Waals surface area contributed by atoms with Crippen molar-refractivity contribution in [3.05, 3.63) is 41.9 Å². The van der Waals surface area contributed by atoms with Crippen LogP contribution in [0.3, 0.4) is 0 Å². The summed E-state index contributed by atoms with van der Waals surface area (Å²) in [6, 6.07) is 5.81. The number of urea groups is 1. The number of anilines is 2. The number of nitrogens with one attached hydrogen (secondary N) is 2. The lowest BCUT2D eigenvalue weighted by Crippen LogP contribution is -2.20. The molecule has 6 nitrogen and oxygen atoms in total. The highest BCUT2D eigenvalue weighted by Crippen LogP contribution is 2.31. The fraction of sp³-hybridized carbons (Fsp3) is 0.368. The Hall–Kier alpha value is -2.76. The van der Waals surface area contributed by atoms with Crippen molar-refractivity contribution in [3.8, 4) is 0 Å². The molecule has 1 aliphatic carbocycles. The highest BCUT2D eigenvalue weighted by molar-refractivity contribution is 6.01. The van der Waals surface area contributed by atoms with Gasteiger partial charge in [-0.25, -0.2) is 4.79 Å². The van der Waals surface area contributed by atoms with Crippen LogP contribution in [-0.2, 0) is 0 Å². The molecule has 1 fully saturated rings. The average molecular weight is 338 g/mol. The Kier molecular flexibility index (Phi) is 3.95. The summed E-state index contributed by atoms with van der Waals surface area (Å²) in [5, 5.41) is 11.2. The fourth-order valence-electron chi connectivity index (χ4n) is 3.58. The van der Waals surface area contributed by atoms with Crippen molar-refractivity contribution in [2.24, 2.45) is 0 Å². The van der Waals surface area contributed by atoms with E-state index in [1.807, 2.05) is 36.7 Å². The minimum atomic E-state index is -0.269. The number of fused-ring (bicyclic) bond motifs is 1. The zero-order valence-electron chi connectivity index (χ0n) is 14.5. The molecule has 6 heteroatoms. The van der Waals surface area contributed by atoms with Crippen LogP contribution >= 0.6 is 0 Å². The molecule has 1 aromatic carbocycles. The number of rotatable bonds is 3. The molecular formula is C19H22N4O2. The first kappa shape index (κ1) is 15.7. The molecule has 2 N–H and O–H groups in total. The second kappa shape index (κ2) is 6.27. The predicted octanol–water partition coefficient (Wildman–Crippen LogP) is 5.01. The molecule has 0 radical (unpaired) electrons. The molecule has 0 saturated heterocycles. The largest absolute Gasteiger partial charge is 0.464 e. The van der Waals surface area contributed by atoms with Gasteiger partial charge in [-0.2, -0.15) is 5.10 Å². The van der Waals surface area contributed by atoms with Gasteiger partial charge in [-0.3, -0.25) is 4.68 Å². The van der Waals surface area contributed by atoms with Crippen LogP contribution in [-0.4, -0.2) is 15.8 Å². The van der Waals surface area contributed by atoms with E-state index < -0.39 is 0 Å². The van der Waals surface area contributed by atoms with E-state index in [2.05, 4.69) is 15.7 Å². The Bertz CT molecular complexity index is 919. The quantitative estimate of drug-likeness (QED) is 0.705. The van der Waals surface area contributed by atoms with E-state index in [1.54, 1.807) is 12.5 Å². The van der Waals surface area contributed by atoms with Gasteiger partial charge in [0.05, 0.1) is 29.9 Å². The molecule has 4 rings (SSSR count). The SMILES string of the molecule is Cc1coc2ccc(NC(=O)Nc3cnn(C4CCCC4)c3C)cc12. The predicted molar refractivity (Wildman–Crippen MR) is 98.1 cm³/mol. The van der Waals surface area contributed by atoms with Crippen LogP contribution in [0.2, 0.25) is 0 Å². The van der Waals surface area contributed by atoms with Crippen LogP contribution in [0.25, 0.3) is 11.0 Å². The first-order valence-electron chi connectivity index (χ1n) is 8.72. The lowest BCUT2D eigenvalue weighted by atomic mass is 10.2. The summed E-state index contributed by atoms with van der Waals surface area (Å²) >= 11 is 0. The fourth-order valence-corrected chi connectivity index (χ4v) is 3.58. The number of carbonyl (C=O) groups excluding carboxylic acids is 1. The van der Waals surface area contributed by atoms with Crippen LogP contribution in [0, 0.1) is 13.8 Å². The Morgan fingerprint density at radius 3 is 2.84 bits per heavy atom. The lowest BCUT2D eigenvalue weighted by Gasteiger charge is -2.13. The van der Waals surface area contributed by atoms with Gasteiger partial charge in [-0.1, -0.05) is 12.8 Å². The molecule has 2 heterocycles. The van der Waals surface area contributed by atoms with E-state index in [0.717, 1.165) is 46.4 Å². The van der Waals surface area contributed by atoms with Crippen molar-refractivity contribution in [3.63, 3.8) is 0 Å². The monoisotopic (exact) mass is 338 g/mol. The number of furan rings is 1. The van der Waals surface area contributed by atoms with Gasteiger partial charge in [-0.05, 0) is 50.5 Å². The molecule has 130 valence electrons. The number of nitrogens with zero attached hydrogens (tertiary/aromatic N) is 2. The van der Waals surface area contributed by atoms with Crippen LogP contribution in [0.1, 0.15) is 43.0 Å². The van der Waals surface area contributed by atoms with Crippen molar-refractivity contribution >= 4 is 28.4 Å². The van der Waals surface area contributed by atoms with Gasteiger partial charge in [0.1, 0.15) is 5.58 Å². The standard InChI is InChI=1S/C19H22N4O2/c1-12-11-25-18-8-7-14(9-16(12)18)21-19(24)22-17-10-20-23(13(17)2)15-5-3-4-6-15/h7-11,15H,3-6H2,1-2H3,(H2,21,22,24). The third-order valence-electron chi connectivity index (χ3n) is 4.99. The van der Waals surface area contributed by atoms with E-state index in [4.69, 9.17) is 4.42 Å². The van der Waals surface area contributed by atoms with Crippen LogP contribution < -0.4 is 10.6 Å². The summed E-state index contributed by atoms with van der Waals surface area (Å²) in [5.74, 6) is 0. The summed E-state index contributed by atoms with van der Waals surface area (Å²) in [6.45, 7) is 3.98. The zero-order chi connectivity index (χ0) is 17.4. The molecule has 25 heavy (non-hydrogen) atoms. The molecule has 2 aromatic heterocycles. The molecule has 3 aromatic rings. The van der Waals surface area contributed by atoms with Crippen molar-refractivity contribution < 1.29 is 9.21 Å². The molecule has 0 spiro atoms. The van der Waals surface area contributed by atoms with Gasteiger partial charge in [-0.15, -0.1) is 0 Å². The molecule has 0 unspecified atom stereocenters. The number of carbonyl (C=O) groups is 1.